The van der Waals surface area contributed by atoms with Crippen molar-refractivity contribution in [3.63, 3.8) is 0 Å². The van der Waals surface area contributed by atoms with Gasteiger partial charge in [0.1, 0.15) is 10.8 Å². The van der Waals surface area contributed by atoms with Gasteiger partial charge in [0.25, 0.3) is 0 Å². The molecule has 5 heteroatoms. The Morgan fingerprint density at radius 2 is 2.11 bits per heavy atom. The maximum Gasteiger partial charge on any atom is 0.133 e. The van der Waals surface area contributed by atoms with Crippen molar-refractivity contribution in [2.75, 3.05) is 0 Å². The molecule has 0 saturated heterocycles. The van der Waals surface area contributed by atoms with Crippen LogP contribution in [-0.4, -0.2) is 4.98 Å². The van der Waals surface area contributed by atoms with Crippen LogP contribution in [0.3, 0.4) is 0 Å². The van der Waals surface area contributed by atoms with E-state index in [4.69, 9.17) is 5.73 Å². The van der Waals surface area contributed by atoms with Crippen molar-refractivity contribution in [1.29, 1.82) is 0 Å². The van der Waals surface area contributed by atoms with Gasteiger partial charge in [-0.05, 0) is 24.1 Å². The van der Waals surface area contributed by atoms with Crippen molar-refractivity contribution < 1.29 is 4.39 Å². The Bertz CT molecular complexity index is 554. The average Bonchev–Trinajstić information content (AvgIpc) is 2.77. The third-order valence-corrected chi connectivity index (χ3v) is 4.17. The minimum atomic E-state index is -0.278. The zero-order chi connectivity index (χ0) is 13.3. The van der Waals surface area contributed by atoms with Crippen LogP contribution in [0.25, 0.3) is 11.3 Å². The van der Waals surface area contributed by atoms with E-state index in [2.05, 4.69) is 20.9 Å². The first-order valence-corrected chi connectivity index (χ1v) is 7.32. The van der Waals surface area contributed by atoms with Crippen LogP contribution in [-0.2, 0) is 0 Å². The molecule has 0 aliphatic rings. The number of thiazole rings is 1. The molecule has 1 aromatic carbocycles. The number of hydrogen-bond acceptors (Lipinski definition) is 3. The molecule has 1 atom stereocenters. The van der Waals surface area contributed by atoms with Crippen LogP contribution < -0.4 is 5.73 Å². The fourth-order valence-electron chi connectivity index (χ4n) is 1.55. The molecule has 2 aromatic rings. The Morgan fingerprint density at radius 3 is 2.72 bits per heavy atom. The van der Waals surface area contributed by atoms with Crippen LogP contribution in [0.15, 0.2) is 28.1 Å². The molecule has 0 radical (unpaired) electrons. The van der Waals surface area contributed by atoms with E-state index in [1.165, 1.54) is 17.4 Å². The Labute approximate surface area is 118 Å². The zero-order valence-electron chi connectivity index (χ0n) is 10.2. The predicted molar refractivity (Wildman–Crippen MR) is 77.0 cm³/mol. The lowest BCUT2D eigenvalue weighted by molar-refractivity contribution is 0.512. The summed E-state index contributed by atoms with van der Waals surface area (Å²) in [5, 5.41) is 2.70. The third-order valence-electron chi connectivity index (χ3n) is 2.73. The molecule has 2 nitrogen and oxygen atoms in total. The summed E-state index contributed by atoms with van der Waals surface area (Å²) < 4.78 is 14.5. The molecule has 0 aliphatic heterocycles. The smallest absolute Gasteiger partial charge is 0.133 e. The van der Waals surface area contributed by atoms with Gasteiger partial charge in [-0.15, -0.1) is 11.3 Å². The van der Waals surface area contributed by atoms with Crippen molar-refractivity contribution in [3.8, 4) is 11.3 Å². The number of nitrogens with zero attached hydrogens (tertiary/aromatic N) is 1. The molecule has 1 aromatic heterocycles. The van der Waals surface area contributed by atoms with Crippen molar-refractivity contribution in [3.05, 3.63) is 38.9 Å². The van der Waals surface area contributed by atoms with E-state index in [1.807, 2.05) is 19.2 Å². The lowest BCUT2D eigenvalue weighted by atomic mass is 10.1. The Balaban J connectivity index is 2.35. The molecule has 0 saturated carbocycles. The normalized spacial score (nSPS) is 13.0. The minimum absolute atomic E-state index is 0.0951. The summed E-state index contributed by atoms with van der Waals surface area (Å²) in [6.07, 6.45) is 0. The van der Waals surface area contributed by atoms with Crippen LogP contribution in [0, 0.1) is 11.7 Å². The molecule has 0 amide bonds. The third kappa shape index (κ3) is 2.79. The highest BCUT2D eigenvalue weighted by Gasteiger charge is 2.16. The number of rotatable bonds is 3. The van der Waals surface area contributed by atoms with Crippen molar-refractivity contribution >= 4 is 27.3 Å². The van der Waals surface area contributed by atoms with E-state index in [1.54, 1.807) is 12.1 Å². The monoisotopic (exact) mass is 328 g/mol. The van der Waals surface area contributed by atoms with E-state index >= 15 is 0 Å². The van der Waals surface area contributed by atoms with Gasteiger partial charge in [0.05, 0.1) is 11.7 Å². The minimum Gasteiger partial charge on any atom is -0.322 e. The van der Waals surface area contributed by atoms with Gasteiger partial charge in [-0.3, -0.25) is 0 Å². The number of halogens is 2. The highest BCUT2D eigenvalue weighted by Crippen LogP contribution is 2.30. The quantitative estimate of drug-likeness (QED) is 0.908. The Morgan fingerprint density at radius 1 is 1.39 bits per heavy atom. The van der Waals surface area contributed by atoms with Crippen LogP contribution in [0.5, 0.6) is 0 Å². The summed E-state index contributed by atoms with van der Waals surface area (Å²) >= 11 is 4.72. The summed E-state index contributed by atoms with van der Waals surface area (Å²) in [5.74, 6) is 0.0399. The number of hydrogen-bond donors (Lipinski definition) is 1. The molecule has 1 unspecified atom stereocenters. The second-order valence-electron chi connectivity index (χ2n) is 4.46. The summed E-state index contributed by atoms with van der Waals surface area (Å²) in [6, 6.07) is 4.87. The summed E-state index contributed by atoms with van der Waals surface area (Å²) in [6.45, 7) is 4.10. The van der Waals surface area contributed by atoms with Crippen molar-refractivity contribution in [2.24, 2.45) is 11.7 Å². The van der Waals surface area contributed by atoms with E-state index in [0.717, 1.165) is 9.48 Å². The van der Waals surface area contributed by atoms with Gasteiger partial charge in [-0.1, -0.05) is 29.8 Å². The van der Waals surface area contributed by atoms with Gasteiger partial charge in [-0.2, -0.15) is 0 Å². The summed E-state index contributed by atoms with van der Waals surface area (Å²) in [5.41, 5.74) is 7.20. The second-order valence-corrected chi connectivity index (χ2v) is 6.27. The molecule has 18 heavy (non-hydrogen) atoms. The largest absolute Gasteiger partial charge is 0.322 e. The van der Waals surface area contributed by atoms with Crippen LogP contribution >= 0.6 is 27.3 Å². The van der Waals surface area contributed by atoms with E-state index in [0.29, 0.717) is 17.2 Å². The van der Waals surface area contributed by atoms with Gasteiger partial charge in [0.2, 0.25) is 0 Å². The van der Waals surface area contributed by atoms with Crippen molar-refractivity contribution in [2.45, 2.75) is 19.9 Å². The highest BCUT2D eigenvalue weighted by molar-refractivity contribution is 9.10. The number of nitrogens with two attached hydrogens (primary N) is 1. The number of benzene rings is 1. The molecule has 0 bridgehead atoms. The molecule has 1 heterocycles. The maximum atomic E-state index is 13.8. The molecule has 2 N–H and O–H groups in total. The average molecular weight is 329 g/mol. The summed E-state index contributed by atoms with van der Waals surface area (Å²) in [7, 11) is 0. The maximum absolute atomic E-state index is 13.8. The topological polar surface area (TPSA) is 38.9 Å². The van der Waals surface area contributed by atoms with Crippen LogP contribution in [0.1, 0.15) is 24.9 Å². The first-order chi connectivity index (χ1) is 8.49. The molecule has 2 rings (SSSR count). The molecular formula is C13H14BrFN2S. The molecule has 0 fully saturated rings. The van der Waals surface area contributed by atoms with Gasteiger partial charge in [0, 0.05) is 15.4 Å². The zero-order valence-corrected chi connectivity index (χ0v) is 12.6. The first kappa shape index (κ1) is 13.6. The fraction of sp³-hybridized carbons (Fsp3) is 0.308. The molecular weight excluding hydrogens is 315 g/mol. The van der Waals surface area contributed by atoms with Crippen LogP contribution in [0.4, 0.5) is 4.39 Å². The predicted octanol–water partition coefficient (Wildman–Crippen LogP) is 4.37. The standard InChI is InChI=1S/C13H14BrFN2S/c1-7(2)12(16)13-17-11(6-18-13)9-4-3-8(14)5-10(9)15/h3-7,12H,16H2,1-2H3. The van der Waals surface area contributed by atoms with E-state index in [9.17, 15) is 4.39 Å². The number of aromatic nitrogens is 1. The van der Waals surface area contributed by atoms with Gasteiger partial charge < -0.3 is 5.73 Å². The van der Waals surface area contributed by atoms with Gasteiger partial charge >= 0.3 is 0 Å². The first-order valence-electron chi connectivity index (χ1n) is 5.65. The molecule has 96 valence electrons. The Hall–Kier alpha value is -0.780. The van der Waals surface area contributed by atoms with E-state index < -0.39 is 0 Å². The lowest BCUT2D eigenvalue weighted by Crippen LogP contribution is -2.16. The molecule has 0 aliphatic carbocycles. The SMILES string of the molecule is CC(C)C(N)c1nc(-c2ccc(Br)cc2F)cs1. The van der Waals surface area contributed by atoms with Gasteiger partial charge in [0.15, 0.2) is 0 Å². The molecule has 0 spiro atoms. The fourth-order valence-corrected chi connectivity index (χ4v) is 2.87. The van der Waals surface area contributed by atoms with Crippen molar-refractivity contribution in [1.82, 2.24) is 4.98 Å². The van der Waals surface area contributed by atoms with Crippen LogP contribution in [0.2, 0.25) is 0 Å². The highest BCUT2D eigenvalue weighted by atomic mass is 79.9. The Kier molecular flexibility index (Phi) is 4.14. The van der Waals surface area contributed by atoms with Gasteiger partial charge in [-0.25, -0.2) is 9.37 Å². The lowest BCUT2D eigenvalue weighted by Gasteiger charge is -2.11. The van der Waals surface area contributed by atoms with E-state index in [-0.39, 0.29) is 11.9 Å². The second kappa shape index (κ2) is 5.47. The summed E-state index contributed by atoms with van der Waals surface area (Å²) in [4.78, 5) is 4.43.